The maximum Gasteiger partial charge on any atom is 0.234 e. The minimum absolute atomic E-state index is 0.0912. The zero-order chi connectivity index (χ0) is 23.7. The van der Waals surface area contributed by atoms with E-state index < -0.39 is 0 Å². The van der Waals surface area contributed by atoms with Crippen molar-refractivity contribution >= 4 is 35.1 Å². The lowest BCUT2D eigenvalue weighted by Crippen LogP contribution is -2.22. The highest BCUT2D eigenvalue weighted by molar-refractivity contribution is 7.99. The first-order chi connectivity index (χ1) is 16.5. The van der Waals surface area contributed by atoms with Gasteiger partial charge in [-0.25, -0.2) is 0 Å². The summed E-state index contributed by atoms with van der Waals surface area (Å²) in [6.07, 6.45) is 2.25. The number of thioether (sulfide) groups is 1. The molecule has 0 unspecified atom stereocenters. The van der Waals surface area contributed by atoms with Crippen molar-refractivity contribution in [1.29, 1.82) is 0 Å². The second-order valence-electron chi connectivity index (χ2n) is 8.29. The van der Waals surface area contributed by atoms with E-state index in [1.165, 1.54) is 18.7 Å². The van der Waals surface area contributed by atoms with E-state index >= 15 is 0 Å². The Balaban J connectivity index is 1.36. The van der Waals surface area contributed by atoms with E-state index in [9.17, 15) is 9.59 Å². The number of hydrogen-bond donors (Lipinski definition) is 1. The molecule has 1 amide bonds. The molecule has 0 saturated carbocycles. The number of carbonyl (C=O) groups is 2. The Morgan fingerprint density at radius 1 is 1.06 bits per heavy atom. The van der Waals surface area contributed by atoms with Crippen LogP contribution in [0.4, 0.5) is 11.6 Å². The largest absolute Gasteiger partial charge is 0.454 e. The van der Waals surface area contributed by atoms with Crippen molar-refractivity contribution in [3.05, 3.63) is 47.5 Å². The summed E-state index contributed by atoms with van der Waals surface area (Å²) in [5, 5.41) is 12.3. The molecule has 2 aliphatic rings. The van der Waals surface area contributed by atoms with Gasteiger partial charge in [0.05, 0.1) is 17.1 Å². The van der Waals surface area contributed by atoms with E-state index in [2.05, 4.69) is 20.4 Å². The fraction of sp³-hybridized carbons (Fsp3) is 0.333. The number of nitrogens with zero attached hydrogens (tertiary/aromatic N) is 4. The topological polar surface area (TPSA) is 98.6 Å². The summed E-state index contributed by atoms with van der Waals surface area (Å²) in [5.74, 6) is 1.47. The SMILES string of the molecule is CC(=O)c1cc2c(cc1NC(=O)CSc1nnc(N3CCCC3)n1-c1ccc(C)cc1)OCO2. The summed E-state index contributed by atoms with van der Waals surface area (Å²) in [4.78, 5) is 27.2. The molecule has 3 heterocycles. The van der Waals surface area contributed by atoms with Crippen molar-refractivity contribution in [2.24, 2.45) is 0 Å². The Morgan fingerprint density at radius 2 is 1.76 bits per heavy atom. The van der Waals surface area contributed by atoms with E-state index in [1.54, 1.807) is 12.1 Å². The number of Topliss-reactive ketones (excluding diaryl/α,β-unsaturated/α-hetero) is 1. The number of anilines is 2. The van der Waals surface area contributed by atoms with Crippen LogP contribution in [-0.2, 0) is 4.79 Å². The number of benzene rings is 2. The number of ether oxygens (including phenoxy) is 2. The first-order valence-electron chi connectivity index (χ1n) is 11.1. The van der Waals surface area contributed by atoms with Crippen molar-refractivity contribution < 1.29 is 19.1 Å². The van der Waals surface area contributed by atoms with Crippen molar-refractivity contribution in [1.82, 2.24) is 14.8 Å². The minimum Gasteiger partial charge on any atom is -0.454 e. The van der Waals surface area contributed by atoms with Crippen LogP contribution in [0.1, 0.15) is 35.7 Å². The summed E-state index contributed by atoms with van der Waals surface area (Å²) in [6, 6.07) is 11.4. The van der Waals surface area contributed by atoms with Gasteiger partial charge in [0.25, 0.3) is 0 Å². The fourth-order valence-corrected chi connectivity index (χ4v) is 4.80. The fourth-order valence-electron chi connectivity index (χ4n) is 4.05. The Bertz CT molecular complexity index is 1230. The first-order valence-corrected chi connectivity index (χ1v) is 12.1. The van der Waals surface area contributed by atoms with E-state index in [1.807, 2.05) is 35.8 Å². The predicted molar refractivity (Wildman–Crippen MR) is 129 cm³/mol. The van der Waals surface area contributed by atoms with Crippen molar-refractivity contribution in [3.63, 3.8) is 0 Å². The first kappa shape index (κ1) is 22.3. The molecule has 0 bridgehead atoms. The standard InChI is InChI=1S/C24H25N5O4S/c1-15-5-7-17(8-6-15)29-23(28-9-3-4-10-28)26-27-24(29)34-13-22(31)25-19-12-21-20(32-14-33-21)11-18(19)16(2)30/h5-8,11-12H,3-4,9-10,13-14H2,1-2H3,(H,25,31). The molecular formula is C24H25N5O4S. The van der Waals surface area contributed by atoms with Gasteiger partial charge in [0.1, 0.15) is 0 Å². The average Bonchev–Trinajstić information content (AvgIpc) is 3.57. The lowest BCUT2D eigenvalue weighted by atomic mass is 10.1. The molecule has 2 aliphatic heterocycles. The molecule has 0 atom stereocenters. The zero-order valence-corrected chi connectivity index (χ0v) is 19.9. The summed E-state index contributed by atoms with van der Waals surface area (Å²) in [7, 11) is 0. The number of aryl methyl sites for hydroxylation is 1. The predicted octanol–water partition coefficient (Wildman–Crippen LogP) is 3.84. The maximum absolute atomic E-state index is 12.8. The Labute approximate surface area is 201 Å². The van der Waals surface area contributed by atoms with Gasteiger partial charge in [0.15, 0.2) is 22.4 Å². The molecule has 1 aromatic heterocycles. The Morgan fingerprint density at radius 3 is 2.47 bits per heavy atom. The van der Waals surface area contributed by atoms with E-state index in [-0.39, 0.29) is 24.2 Å². The molecule has 1 fully saturated rings. The van der Waals surface area contributed by atoms with Crippen LogP contribution < -0.4 is 19.7 Å². The number of hydrogen-bond acceptors (Lipinski definition) is 8. The van der Waals surface area contributed by atoms with Gasteiger partial charge < -0.3 is 19.7 Å². The normalized spacial score (nSPS) is 14.5. The van der Waals surface area contributed by atoms with Crippen LogP contribution in [0.3, 0.4) is 0 Å². The molecule has 1 N–H and O–H groups in total. The molecule has 3 aromatic rings. The molecular weight excluding hydrogens is 454 g/mol. The van der Waals surface area contributed by atoms with Gasteiger partial charge in [-0.05, 0) is 44.9 Å². The molecule has 1 saturated heterocycles. The third-order valence-corrected chi connectivity index (χ3v) is 6.72. The summed E-state index contributed by atoms with van der Waals surface area (Å²) in [5.41, 5.74) is 2.90. The smallest absolute Gasteiger partial charge is 0.234 e. The molecule has 0 aliphatic carbocycles. The summed E-state index contributed by atoms with van der Waals surface area (Å²) in [6.45, 7) is 5.46. The van der Waals surface area contributed by atoms with Crippen molar-refractivity contribution in [3.8, 4) is 17.2 Å². The van der Waals surface area contributed by atoms with E-state index in [0.29, 0.717) is 27.9 Å². The van der Waals surface area contributed by atoms with Crippen molar-refractivity contribution in [2.45, 2.75) is 31.8 Å². The lowest BCUT2D eigenvalue weighted by Gasteiger charge is -2.18. The summed E-state index contributed by atoms with van der Waals surface area (Å²) >= 11 is 1.30. The van der Waals surface area contributed by atoms with Gasteiger partial charge in [-0.3, -0.25) is 14.2 Å². The van der Waals surface area contributed by atoms with Gasteiger partial charge in [0, 0.05) is 24.7 Å². The van der Waals surface area contributed by atoms with E-state index in [0.717, 1.165) is 43.1 Å². The van der Waals surface area contributed by atoms with Crippen molar-refractivity contribution in [2.75, 3.05) is 35.9 Å². The quantitative estimate of drug-likeness (QED) is 0.403. The average molecular weight is 480 g/mol. The number of aromatic nitrogens is 3. The van der Waals surface area contributed by atoms with Crippen LogP contribution in [0, 0.1) is 6.92 Å². The molecule has 5 rings (SSSR count). The van der Waals surface area contributed by atoms with Gasteiger partial charge in [0.2, 0.25) is 18.6 Å². The van der Waals surface area contributed by atoms with E-state index in [4.69, 9.17) is 9.47 Å². The number of fused-ring (bicyclic) bond motifs is 1. The lowest BCUT2D eigenvalue weighted by molar-refractivity contribution is -0.113. The molecule has 10 heteroatoms. The van der Waals surface area contributed by atoms with Crippen LogP contribution >= 0.6 is 11.8 Å². The molecule has 0 radical (unpaired) electrons. The maximum atomic E-state index is 12.8. The van der Waals surface area contributed by atoms with Gasteiger partial charge in [-0.2, -0.15) is 0 Å². The Kier molecular flexibility index (Phi) is 6.14. The number of amides is 1. The highest BCUT2D eigenvalue weighted by atomic mass is 32.2. The number of rotatable bonds is 7. The Hall–Kier alpha value is -3.53. The molecule has 176 valence electrons. The second-order valence-corrected chi connectivity index (χ2v) is 9.23. The van der Waals surface area contributed by atoms with Gasteiger partial charge in [-0.15, -0.1) is 10.2 Å². The van der Waals surface area contributed by atoms with Gasteiger partial charge in [-0.1, -0.05) is 29.5 Å². The zero-order valence-electron chi connectivity index (χ0n) is 19.0. The monoisotopic (exact) mass is 479 g/mol. The van der Waals surface area contributed by atoms with Crippen LogP contribution in [0.15, 0.2) is 41.6 Å². The highest BCUT2D eigenvalue weighted by Crippen LogP contribution is 2.37. The molecule has 0 spiro atoms. The number of carbonyl (C=O) groups excluding carboxylic acids is 2. The number of nitrogens with one attached hydrogen (secondary N) is 1. The third-order valence-electron chi connectivity index (χ3n) is 5.80. The highest BCUT2D eigenvalue weighted by Gasteiger charge is 2.24. The molecule has 2 aromatic carbocycles. The van der Waals surface area contributed by atoms with Crippen LogP contribution in [0.2, 0.25) is 0 Å². The van der Waals surface area contributed by atoms with Crippen LogP contribution in [0.5, 0.6) is 11.5 Å². The summed E-state index contributed by atoms with van der Waals surface area (Å²) < 4.78 is 12.7. The molecule has 9 nitrogen and oxygen atoms in total. The number of ketones is 1. The minimum atomic E-state index is -0.257. The third kappa shape index (κ3) is 4.45. The van der Waals surface area contributed by atoms with Crippen LogP contribution in [-0.4, -0.2) is 52.1 Å². The van der Waals surface area contributed by atoms with Gasteiger partial charge >= 0.3 is 0 Å². The van der Waals surface area contributed by atoms with Crippen LogP contribution in [0.25, 0.3) is 5.69 Å². The molecule has 34 heavy (non-hydrogen) atoms. The second kappa shape index (κ2) is 9.38.